The number of aryl methyl sites for hydroxylation is 2. The summed E-state index contributed by atoms with van der Waals surface area (Å²) >= 11 is 0. The smallest absolute Gasteiger partial charge is 0.191 e. The minimum absolute atomic E-state index is 0.419. The highest BCUT2D eigenvalue weighted by Gasteiger charge is 2.20. The van der Waals surface area contributed by atoms with Crippen molar-refractivity contribution in [2.75, 3.05) is 32.8 Å². The van der Waals surface area contributed by atoms with E-state index in [1.807, 2.05) is 25.5 Å². The molecule has 1 aliphatic rings. The maximum Gasteiger partial charge on any atom is 0.191 e. The summed E-state index contributed by atoms with van der Waals surface area (Å²) in [6, 6.07) is 9.10. The van der Waals surface area contributed by atoms with Gasteiger partial charge in [0, 0.05) is 52.5 Å². The predicted octanol–water partition coefficient (Wildman–Crippen LogP) is 2.56. The number of ether oxygens (including phenoxy) is 1. The molecule has 0 spiro atoms. The Morgan fingerprint density at radius 2 is 1.97 bits per heavy atom. The zero-order valence-electron chi connectivity index (χ0n) is 20.1. The highest BCUT2D eigenvalue weighted by molar-refractivity contribution is 5.80. The quantitative estimate of drug-likeness (QED) is 0.335. The van der Waals surface area contributed by atoms with Gasteiger partial charge in [0.1, 0.15) is 12.4 Å². The van der Waals surface area contributed by atoms with Crippen LogP contribution in [0.2, 0.25) is 0 Å². The zero-order valence-corrected chi connectivity index (χ0v) is 20.1. The molecule has 0 bridgehead atoms. The van der Waals surface area contributed by atoms with Crippen LogP contribution < -0.4 is 10.6 Å². The van der Waals surface area contributed by atoms with Crippen LogP contribution in [0.1, 0.15) is 49.0 Å². The molecule has 0 unspecified atom stereocenters. The Morgan fingerprint density at radius 3 is 2.66 bits per heavy atom. The molecule has 32 heavy (non-hydrogen) atoms. The molecule has 176 valence electrons. The van der Waals surface area contributed by atoms with Crippen molar-refractivity contribution in [3.8, 4) is 0 Å². The Labute approximate surface area is 192 Å². The molecular weight excluding hydrogens is 402 g/mol. The standard InChI is InChI=1S/C24H39N7O/c1-5-32-16-8-13-25-24(26-17-23-29-28-20(3)30(23)4)27-22-11-14-31(15-12-22)18-21-10-7-6-9-19(21)2/h6-7,9-10,22H,5,8,11-18H2,1-4H3,(H2,25,26,27). The molecule has 1 aromatic carbocycles. The van der Waals surface area contributed by atoms with Crippen molar-refractivity contribution in [3.05, 3.63) is 47.0 Å². The van der Waals surface area contributed by atoms with Crippen molar-refractivity contribution in [1.82, 2.24) is 30.3 Å². The molecule has 0 saturated carbocycles. The molecule has 1 fully saturated rings. The van der Waals surface area contributed by atoms with Crippen LogP contribution in [0.25, 0.3) is 0 Å². The average Bonchev–Trinajstić information content (AvgIpc) is 3.12. The Kier molecular flexibility index (Phi) is 9.49. The highest BCUT2D eigenvalue weighted by Crippen LogP contribution is 2.16. The third kappa shape index (κ3) is 7.31. The number of rotatable bonds is 10. The molecule has 2 heterocycles. The lowest BCUT2D eigenvalue weighted by Crippen LogP contribution is -2.48. The summed E-state index contributed by atoms with van der Waals surface area (Å²) < 4.78 is 7.44. The van der Waals surface area contributed by atoms with E-state index in [4.69, 9.17) is 9.73 Å². The Bertz CT molecular complexity index is 856. The fourth-order valence-electron chi connectivity index (χ4n) is 3.87. The lowest BCUT2D eigenvalue weighted by Gasteiger charge is -2.33. The molecule has 2 N–H and O–H groups in total. The first-order valence-corrected chi connectivity index (χ1v) is 11.8. The summed E-state index contributed by atoms with van der Waals surface area (Å²) in [5, 5.41) is 15.5. The topological polar surface area (TPSA) is 79.6 Å². The Balaban J connectivity index is 1.52. The van der Waals surface area contributed by atoms with Crippen molar-refractivity contribution in [2.45, 2.75) is 59.2 Å². The number of aromatic nitrogens is 3. The van der Waals surface area contributed by atoms with Crippen LogP contribution >= 0.6 is 0 Å². The largest absolute Gasteiger partial charge is 0.382 e. The van der Waals surface area contributed by atoms with E-state index in [1.54, 1.807) is 0 Å². The maximum absolute atomic E-state index is 5.45. The first-order chi connectivity index (χ1) is 15.6. The summed E-state index contributed by atoms with van der Waals surface area (Å²) in [6.45, 7) is 12.2. The number of guanidine groups is 1. The van der Waals surface area contributed by atoms with Crippen LogP contribution in [0.15, 0.2) is 29.3 Å². The summed E-state index contributed by atoms with van der Waals surface area (Å²) in [7, 11) is 1.98. The number of likely N-dealkylation sites (tertiary alicyclic amines) is 1. The third-order valence-corrected chi connectivity index (χ3v) is 6.11. The summed E-state index contributed by atoms with van der Waals surface area (Å²) in [4.78, 5) is 7.35. The normalized spacial score (nSPS) is 15.8. The molecule has 1 aliphatic heterocycles. The van der Waals surface area contributed by atoms with E-state index in [0.717, 1.165) is 76.3 Å². The van der Waals surface area contributed by atoms with E-state index in [-0.39, 0.29) is 0 Å². The Hall–Kier alpha value is -2.45. The number of nitrogens with one attached hydrogen (secondary N) is 2. The molecule has 0 atom stereocenters. The summed E-state index contributed by atoms with van der Waals surface area (Å²) in [5.41, 5.74) is 2.80. The van der Waals surface area contributed by atoms with Gasteiger partial charge in [0.2, 0.25) is 0 Å². The van der Waals surface area contributed by atoms with Crippen LogP contribution in [0.3, 0.4) is 0 Å². The molecule has 0 radical (unpaired) electrons. The fraction of sp³-hybridized carbons (Fsp3) is 0.625. The molecule has 2 aromatic rings. The van der Waals surface area contributed by atoms with Gasteiger partial charge in [-0.3, -0.25) is 4.90 Å². The van der Waals surface area contributed by atoms with Gasteiger partial charge in [-0.1, -0.05) is 24.3 Å². The van der Waals surface area contributed by atoms with Gasteiger partial charge in [0.15, 0.2) is 11.8 Å². The first-order valence-electron chi connectivity index (χ1n) is 11.8. The molecule has 8 nitrogen and oxygen atoms in total. The van der Waals surface area contributed by atoms with E-state index in [2.05, 4.69) is 56.9 Å². The van der Waals surface area contributed by atoms with Crippen LogP contribution in [0.5, 0.6) is 0 Å². The molecule has 8 heteroatoms. The number of nitrogens with zero attached hydrogens (tertiary/aromatic N) is 5. The van der Waals surface area contributed by atoms with Crippen LogP contribution in [-0.2, 0) is 24.9 Å². The average molecular weight is 442 g/mol. The second-order valence-corrected chi connectivity index (χ2v) is 8.49. The van der Waals surface area contributed by atoms with E-state index >= 15 is 0 Å². The second kappa shape index (κ2) is 12.6. The van der Waals surface area contributed by atoms with Crippen molar-refractivity contribution >= 4 is 5.96 Å². The minimum Gasteiger partial charge on any atom is -0.382 e. The zero-order chi connectivity index (χ0) is 22.8. The van der Waals surface area contributed by atoms with Crippen molar-refractivity contribution in [3.63, 3.8) is 0 Å². The van der Waals surface area contributed by atoms with E-state index in [9.17, 15) is 0 Å². The number of aliphatic imine (C=N–C) groups is 1. The van der Waals surface area contributed by atoms with Gasteiger partial charge in [0.25, 0.3) is 0 Å². The first kappa shape index (κ1) is 24.2. The number of hydrogen-bond donors (Lipinski definition) is 2. The fourth-order valence-corrected chi connectivity index (χ4v) is 3.87. The van der Waals surface area contributed by atoms with Crippen LogP contribution in [0, 0.1) is 13.8 Å². The van der Waals surface area contributed by atoms with Crippen molar-refractivity contribution in [1.29, 1.82) is 0 Å². The third-order valence-electron chi connectivity index (χ3n) is 6.11. The van der Waals surface area contributed by atoms with Gasteiger partial charge in [-0.05, 0) is 51.2 Å². The lowest BCUT2D eigenvalue weighted by molar-refractivity contribution is 0.145. The van der Waals surface area contributed by atoms with Gasteiger partial charge >= 0.3 is 0 Å². The Morgan fingerprint density at radius 1 is 1.19 bits per heavy atom. The van der Waals surface area contributed by atoms with E-state index < -0.39 is 0 Å². The minimum atomic E-state index is 0.419. The number of piperidine rings is 1. The number of hydrogen-bond acceptors (Lipinski definition) is 5. The van der Waals surface area contributed by atoms with Gasteiger partial charge in [0.05, 0.1) is 0 Å². The van der Waals surface area contributed by atoms with Gasteiger partial charge in [-0.15, -0.1) is 10.2 Å². The highest BCUT2D eigenvalue weighted by atomic mass is 16.5. The predicted molar refractivity (Wildman–Crippen MR) is 129 cm³/mol. The van der Waals surface area contributed by atoms with E-state index in [1.165, 1.54) is 11.1 Å². The SMILES string of the molecule is CCOCCCNC(=NCc1nnc(C)n1C)NC1CCN(Cc2ccccc2C)CC1. The summed E-state index contributed by atoms with van der Waals surface area (Å²) in [5.74, 6) is 2.61. The number of benzene rings is 1. The molecule has 1 aromatic heterocycles. The molecule has 0 amide bonds. The van der Waals surface area contributed by atoms with Crippen molar-refractivity contribution < 1.29 is 4.74 Å². The molecule has 1 saturated heterocycles. The van der Waals surface area contributed by atoms with Gasteiger partial charge in [-0.2, -0.15) is 0 Å². The maximum atomic E-state index is 5.45. The van der Waals surface area contributed by atoms with E-state index in [0.29, 0.717) is 12.6 Å². The molecule has 3 rings (SSSR count). The second-order valence-electron chi connectivity index (χ2n) is 8.49. The van der Waals surface area contributed by atoms with Gasteiger partial charge < -0.3 is 19.9 Å². The lowest BCUT2D eigenvalue weighted by atomic mass is 10.0. The van der Waals surface area contributed by atoms with Gasteiger partial charge in [-0.25, -0.2) is 4.99 Å². The monoisotopic (exact) mass is 441 g/mol. The van der Waals surface area contributed by atoms with Crippen LogP contribution in [-0.4, -0.2) is 64.5 Å². The van der Waals surface area contributed by atoms with Crippen LogP contribution in [0.4, 0.5) is 0 Å². The molecular formula is C24H39N7O. The summed E-state index contributed by atoms with van der Waals surface area (Å²) in [6.07, 6.45) is 3.16. The molecule has 0 aliphatic carbocycles. The van der Waals surface area contributed by atoms with Crippen molar-refractivity contribution in [2.24, 2.45) is 12.0 Å².